The summed E-state index contributed by atoms with van der Waals surface area (Å²) in [6.07, 6.45) is 4.19. The van der Waals surface area contributed by atoms with Crippen LogP contribution in [0, 0.1) is 0 Å². The van der Waals surface area contributed by atoms with E-state index in [0.717, 1.165) is 31.4 Å². The van der Waals surface area contributed by atoms with Crippen molar-refractivity contribution < 1.29 is 14.3 Å². The maximum absolute atomic E-state index is 12.4. The fourth-order valence-corrected chi connectivity index (χ4v) is 3.17. The molecule has 114 valence electrons. The highest BCUT2D eigenvalue weighted by Crippen LogP contribution is 2.33. The molecule has 21 heavy (non-hydrogen) atoms. The van der Waals surface area contributed by atoms with Gasteiger partial charge in [-0.1, -0.05) is 13.3 Å². The third-order valence-corrected chi connectivity index (χ3v) is 4.39. The molecular formula is C15H21N3O3. The number of H-pyrrole nitrogens is 1. The van der Waals surface area contributed by atoms with Crippen molar-refractivity contribution in [3.05, 3.63) is 17.5 Å². The standard InChI is InChI=1S/C15H21N3O3/c1-2-4-11-9-12(17-16-11)14(20)18-7-6-15(13(19)10-18)5-3-8-21-15/h9H,2-8,10H2,1H3,(H,16,17). The van der Waals surface area contributed by atoms with Crippen LogP contribution in [0.15, 0.2) is 6.07 Å². The number of aromatic nitrogens is 2. The molecule has 2 aliphatic heterocycles. The van der Waals surface area contributed by atoms with Gasteiger partial charge in [0.25, 0.3) is 5.91 Å². The number of piperidine rings is 1. The van der Waals surface area contributed by atoms with Gasteiger partial charge < -0.3 is 9.64 Å². The number of aromatic amines is 1. The van der Waals surface area contributed by atoms with Gasteiger partial charge in [0.1, 0.15) is 11.3 Å². The summed E-state index contributed by atoms with van der Waals surface area (Å²) in [5.74, 6) is -0.140. The van der Waals surface area contributed by atoms with Crippen molar-refractivity contribution in [2.45, 2.75) is 44.6 Å². The number of rotatable bonds is 3. The van der Waals surface area contributed by atoms with Crippen LogP contribution in [0.2, 0.25) is 0 Å². The van der Waals surface area contributed by atoms with E-state index in [1.54, 1.807) is 11.0 Å². The van der Waals surface area contributed by atoms with Crippen molar-refractivity contribution >= 4 is 11.7 Å². The average molecular weight is 291 g/mol. The first kappa shape index (κ1) is 14.3. The second-order valence-electron chi connectivity index (χ2n) is 5.87. The number of ether oxygens (including phenoxy) is 1. The Balaban J connectivity index is 1.67. The van der Waals surface area contributed by atoms with E-state index in [9.17, 15) is 9.59 Å². The molecule has 0 radical (unpaired) electrons. The number of hydrogen-bond donors (Lipinski definition) is 1. The van der Waals surface area contributed by atoms with E-state index < -0.39 is 5.60 Å². The van der Waals surface area contributed by atoms with Gasteiger partial charge in [-0.15, -0.1) is 0 Å². The number of carbonyl (C=O) groups excluding carboxylic acids is 2. The molecule has 2 aliphatic rings. The van der Waals surface area contributed by atoms with E-state index in [-0.39, 0.29) is 18.2 Å². The van der Waals surface area contributed by atoms with E-state index in [4.69, 9.17) is 4.74 Å². The molecule has 3 heterocycles. The summed E-state index contributed by atoms with van der Waals surface area (Å²) >= 11 is 0. The molecule has 1 aromatic heterocycles. The highest BCUT2D eigenvalue weighted by Gasteiger charge is 2.46. The lowest BCUT2D eigenvalue weighted by Gasteiger charge is -2.36. The normalized spacial score (nSPS) is 25.8. The predicted molar refractivity (Wildman–Crippen MR) is 76.0 cm³/mol. The topological polar surface area (TPSA) is 75.3 Å². The lowest BCUT2D eigenvalue weighted by Crippen LogP contribution is -2.53. The van der Waals surface area contributed by atoms with E-state index in [2.05, 4.69) is 17.1 Å². The van der Waals surface area contributed by atoms with Gasteiger partial charge in [-0.2, -0.15) is 5.10 Å². The second-order valence-corrected chi connectivity index (χ2v) is 5.87. The summed E-state index contributed by atoms with van der Waals surface area (Å²) < 4.78 is 5.65. The van der Waals surface area contributed by atoms with Crippen LogP contribution in [-0.4, -0.2) is 52.1 Å². The highest BCUT2D eigenvalue weighted by atomic mass is 16.5. The zero-order valence-corrected chi connectivity index (χ0v) is 12.4. The number of amides is 1. The molecule has 0 aromatic carbocycles. The summed E-state index contributed by atoms with van der Waals surface area (Å²) in [7, 11) is 0. The second kappa shape index (κ2) is 5.60. The average Bonchev–Trinajstić information content (AvgIpc) is 3.12. The van der Waals surface area contributed by atoms with Gasteiger partial charge in [0.2, 0.25) is 0 Å². The van der Waals surface area contributed by atoms with Gasteiger partial charge in [0, 0.05) is 25.3 Å². The number of likely N-dealkylation sites (tertiary alicyclic amines) is 1. The van der Waals surface area contributed by atoms with Gasteiger partial charge in [-0.3, -0.25) is 14.7 Å². The number of nitrogens with one attached hydrogen (secondary N) is 1. The van der Waals surface area contributed by atoms with Crippen LogP contribution >= 0.6 is 0 Å². The highest BCUT2D eigenvalue weighted by molar-refractivity contribution is 5.98. The number of Topliss-reactive ketones (excluding diaryl/α,β-unsaturated/α-hetero) is 1. The fourth-order valence-electron chi connectivity index (χ4n) is 3.17. The minimum absolute atomic E-state index is 0.0314. The first-order chi connectivity index (χ1) is 10.1. The number of aryl methyl sites for hydroxylation is 1. The first-order valence-electron chi connectivity index (χ1n) is 7.65. The summed E-state index contributed by atoms with van der Waals surface area (Å²) in [6, 6.07) is 1.78. The molecule has 0 bridgehead atoms. The molecule has 1 spiro atoms. The van der Waals surface area contributed by atoms with Crippen molar-refractivity contribution in [1.82, 2.24) is 15.1 Å². The number of ketones is 1. The minimum Gasteiger partial charge on any atom is -0.367 e. The maximum Gasteiger partial charge on any atom is 0.274 e. The number of nitrogens with zero attached hydrogens (tertiary/aromatic N) is 2. The SMILES string of the molecule is CCCc1cc(C(=O)N2CCC3(CCCO3)C(=O)C2)n[nH]1. The zero-order valence-electron chi connectivity index (χ0n) is 12.4. The summed E-state index contributed by atoms with van der Waals surface area (Å²) in [4.78, 5) is 26.3. The smallest absolute Gasteiger partial charge is 0.274 e. The van der Waals surface area contributed by atoms with Crippen molar-refractivity contribution in [1.29, 1.82) is 0 Å². The van der Waals surface area contributed by atoms with Gasteiger partial charge in [0.05, 0.1) is 6.54 Å². The van der Waals surface area contributed by atoms with Crippen LogP contribution in [-0.2, 0) is 16.0 Å². The van der Waals surface area contributed by atoms with Crippen molar-refractivity contribution in [3.63, 3.8) is 0 Å². The monoisotopic (exact) mass is 291 g/mol. The van der Waals surface area contributed by atoms with Gasteiger partial charge >= 0.3 is 0 Å². The maximum atomic E-state index is 12.4. The van der Waals surface area contributed by atoms with Crippen LogP contribution < -0.4 is 0 Å². The van der Waals surface area contributed by atoms with Gasteiger partial charge in [-0.25, -0.2) is 0 Å². The molecule has 6 nitrogen and oxygen atoms in total. The minimum atomic E-state index is -0.615. The molecule has 1 unspecified atom stereocenters. The van der Waals surface area contributed by atoms with E-state index in [1.165, 1.54) is 0 Å². The molecule has 2 saturated heterocycles. The van der Waals surface area contributed by atoms with E-state index >= 15 is 0 Å². The Bertz CT molecular complexity index is 546. The van der Waals surface area contributed by atoms with Crippen LogP contribution in [0.3, 0.4) is 0 Å². The lowest BCUT2D eigenvalue weighted by molar-refractivity contribution is -0.144. The Hall–Kier alpha value is -1.69. The molecule has 0 saturated carbocycles. The fraction of sp³-hybridized carbons (Fsp3) is 0.667. The third kappa shape index (κ3) is 2.60. The van der Waals surface area contributed by atoms with Gasteiger partial charge in [0.15, 0.2) is 5.78 Å². The summed E-state index contributed by atoms with van der Waals surface area (Å²) in [5, 5.41) is 6.94. The van der Waals surface area contributed by atoms with Crippen molar-refractivity contribution in [3.8, 4) is 0 Å². The molecule has 3 rings (SSSR count). The van der Waals surface area contributed by atoms with Crippen LogP contribution in [0.5, 0.6) is 0 Å². The molecule has 2 fully saturated rings. The number of hydrogen-bond acceptors (Lipinski definition) is 4. The molecule has 1 N–H and O–H groups in total. The Labute approximate surface area is 123 Å². The Kier molecular flexibility index (Phi) is 3.80. The summed E-state index contributed by atoms with van der Waals surface area (Å²) in [6.45, 7) is 3.42. The van der Waals surface area contributed by atoms with Crippen LogP contribution in [0.4, 0.5) is 0 Å². The van der Waals surface area contributed by atoms with Crippen molar-refractivity contribution in [2.24, 2.45) is 0 Å². The molecule has 0 aliphatic carbocycles. The Morgan fingerprint density at radius 2 is 2.38 bits per heavy atom. The lowest BCUT2D eigenvalue weighted by atomic mass is 9.87. The van der Waals surface area contributed by atoms with Crippen LogP contribution in [0.25, 0.3) is 0 Å². The summed E-state index contributed by atoms with van der Waals surface area (Å²) in [5.41, 5.74) is 0.741. The quantitative estimate of drug-likeness (QED) is 0.911. The Morgan fingerprint density at radius 3 is 3.05 bits per heavy atom. The molecule has 6 heteroatoms. The molecule has 1 aromatic rings. The predicted octanol–water partition coefficient (Wildman–Crippen LogP) is 1.33. The number of carbonyl (C=O) groups is 2. The molecule has 1 atom stereocenters. The van der Waals surface area contributed by atoms with Crippen molar-refractivity contribution in [2.75, 3.05) is 19.7 Å². The third-order valence-electron chi connectivity index (χ3n) is 4.39. The largest absolute Gasteiger partial charge is 0.367 e. The van der Waals surface area contributed by atoms with Gasteiger partial charge in [-0.05, 0) is 25.3 Å². The Morgan fingerprint density at radius 1 is 1.52 bits per heavy atom. The van der Waals surface area contributed by atoms with E-state index in [0.29, 0.717) is 25.3 Å². The first-order valence-corrected chi connectivity index (χ1v) is 7.65. The zero-order chi connectivity index (χ0) is 14.9. The van der Waals surface area contributed by atoms with Crippen LogP contribution in [0.1, 0.15) is 48.8 Å². The molecular weight excluding hydrogens is 270 g/mol. The molecule has 1 amide bonds. The van der Waals surface area contributed by atoms with E-state index in [1.807, 2.05) is 0 Å².